The highest BCUT2D eigenvalue weighted by Crippen LogP contribution is 2.40. The highest BCUT2D eigenvalue weighted by Gasteiger charge is 2.26. The molecule has 1 aromatic carbocycles. The molecule has 1 aliphatic carbocycles. The first-order chi connectivity index (χ1) is 12.6. The molecule has 1 aliphatic heterocycles. The zero-order valence-corrected chi connectivity index (χ0v) is 15.1. The number of aromatic nitrogens is 2. The lowest BCUT2D eigenvalue weighted by atomic mass is 10.0. The largest absolute Gasteiger partial charge is 0.352 e. The Morgan fingerprint density at radius 1 is 1.12 bits per heavy atom. The van der Waals surface area contributed by atoms with Crippen LogP contribution in [0.1, 0.15) is 29.9 Å². The van der Waals surface area contributed by atoms with E-state index in [2.05, 4.69) is 15.1 Å². The van der Waals surface area contributed by atoms with E-state index in [0.717, 1.165) is 24.2 Å². The Morgan fingerprint density at radius 3 is 2.50 bits per heavy atom. The molecule has 4 rings (SSSR count). The SMILES string of the molecule is O=C(Cc1ccc(C2CC2)cc1F)N1CCN(c2ccc(Cl)nn2)CC1. The van der Waals surface area contributed by atoms with Crippen LogP contribution < -0.4 is 4.90 Å². The summed E-state index contributed by atoms with van der Waals surface area (Å²) in [5, 5.41) is 8.28. The fourth-order valence-corrected chi connectivity index (χ4v) is 3.42. The molecule has 0 unspecified atom stereocenters. The Hall–Kier alpha value is -2.21. The van der Waals surface area contributed by atoms with Gasteiger partial charge in [0.25, 0.3) is 0 Å². The monoisotopic (exact) mass is 374 g/mol. The van der Waals surface area contributed by atoms with Crippen molar-refractivity contribution in [3.8, 4) is 0 Å². The number of carbonyl (C=O) groups is 1. The highest BCUT2D eigenvalue weighted by molar-refractivity contribution is 6.29. The molecular formula is C19H20ClFN4O. The van der Waals surface area contributed by atoms with Gasteiger partial charge in [0.2, 0.25) is 5.91 Å². The van der Waals surface area contributed by atoms with Crippen LogP contribution in [0, 0.1) is 5.82 Å². The van der Waals surface area contributed by atoms with Crippen molar-refractivity contribution in [1.82, 2.24) is 15.1 Å². The molecule has 1 saturated heterocycles. The number of hydrogen-bond donors (Lipinski definition) is 0. The van der Waals surface area contributed by atoms with E-state index in [-0.39, 0.29) is 18.1 Å². The van der Waals surface area contributed by atoms with Crippen LogP contribution in [0.5, 0.6) is 0 Å². The minimum atomic E-state index is -0.266. The van der Waals surface area contributed by atoms with Gasteiger partial charge in [0.15, 0.2) is 11.0 Å². The quantitative estimate of drug-likeness (QED) is 0.825. The van der Waals surface area contributed by atoms with Gasteiger partial charge in [0, 0.05) is 26.2 Å². The molecule has 0 bridgehead atoms. The highest BCUT2D eigenvalue weighted by atomic mass is 35.5. The van der Waals surface area contributed by atoms with E-state index in [9.17, 15) is 9.18 Å². The van der Waals surface area contributed by atoms with Gasteiger partial charge in [-0.15, -0.1) is 10.2 Å². The molecule has 2 aliphatic rings. The third-order valence-corrected chi connectivity index (χ3v) is 5.24. The number of anilines is 1. The molecule has 136 valence electrons. The lowest BCUT2D eigenvalue weighted by Gasteiger charge is -2.35. The minimum Gasteiger partial charge on any atom is -0.352 e. The molecule has 0 atom stereocenters. The molecule has 0 N–H and O–H groups in total. The molecule has 1 saturated carbocycles. The maximum atomic E-state index is 14.3. The number of carbonyl (C=O) groups excluding carboxylic acids is 1. The number of rotatable bonds is 4. The van der Waals surface area contributed by atoms with E-state index in [1.807, 2.05) is 12.1 Å². The third kappa shape index (κ3) is 3.80. The fraction of sp³-hybridized carbons (Fsp3) is 0.421. The Labute approximate surface area is 156 Å². The Morgan fingerprint density at radius 2 is 1.88 bits per heavy atom. The fourth-order valence-electron chi connectivity index (χ4n) is 3.31. The van der Waals surface area contributed by atoms with Crippen molar-refractivity contribution in [2.45, 2.75) is 25.2 Å². The van der Waals surface area contributed by atoms with E-state index in [1.165, 1.54) is 0 Å². The Bertz CT molecular complexity index is 802. The van der Waals surface area contributed by atoms with Crippen molar-refractivity contribution < 1.29 is 9.18 Å². The van der Waals surface area contributed by atoms with Crippen LogP contribution in [0.2, 0.25) is 5.15 Å². The number of nitrogens with zero attached hydrogens (tertiary/aromatic N) is 4. The summed E-state index contributed by atoms with van der Waals surface area (Å²) in [5.41, 5.74) is 1.53. The van der Waals surface area contributed by atoms with Crippen molar-refractivity contribution in [1.29, 1.82) is 0 Å². The van der Waals surface area contributed by atoms with Gasteiger partial charge in [-0.05, 0) is 48.1 Å². The van der Waals surface area contributed by atoms with Gasteiger partial charge in [-0.25, -0.2) is 4.39 Å². The lowest BCUT2D eigenvalue weighted by molar-refractivity contribution is -0.130. The number of benzene rings is 1. The summed E-state index contributed by atoms with van der Waals surface area (Å²) >= 11 is 5.76. The smallest absolute Gasteiger partial charge is 0.227 e. The molecule has 2 aromatic rings. The summed E-state index contributed by atoms with van der Waals surface area (Å²) in [4.78, 5) is 16.4. The summed E-state index contributed by atoms with van der Waals surface area (Å²) in [6.07, 6.45) is 2.39. The first-order valence-electron chi connectivity index (χ1n) is 8.90. The summed E-state index contributed by atoms with van der Waals surface area (Å²) < 4.78 is 14.3. The van der Waals surface area contributed by atoms with Crippen molar-refractivity contribution in [2.75, 3.05) is 31.1 Å². The summed E-state index contributed by atoms with van der Waals surface area (Å²) in [5.74, 6) is 0.962. The second kappa shape index (κ2) is 7.19. The van der Waals surface area contributed by atoms with Crippen LogP contribution >= 0.6 is 11.6 Å². The summed E-state index contributed by atoms with van der Waals surface area (Å²) in [6.45, 7) is 2.52. The number of piperazine rings is 1. The Kier molecular flexibility index (Phi) is 4.76. The van der Waals surface area contributed by atoms with E-state index >= 15 is 0 Å². The van der Waals surface area contributed by atoms with Gasteiger partial charge in [-0.1, -0.05) is 23.7 Å². The number of halogens is 2. The van der Waals surface area contributed by atoms with Gasteiger partial charge in [0.05, 0.1) is 6.42 Å². The zero-order valence-electron chi connectivity index (χ0n) is 14.4. The van der Waals surface area contributed by atoms with E-state index in [0.29, 0.717) is 42.8 Å². The Balaban J connectivity index is 1.34. The van der Waals surface area contributed by atoms with Gasteiger partial charge < -0.3 is 9.80 Å². The molecule has 1 amide bonds. The molecule has 5 nitrogen and oxygen atoms in total. The van der Waals surface area contributed by atoms with Crippen molar-refractivity contribution >= 4 is 23.3 Å². The van der Waals surface area contributed by atoms with E-state index in [1.54, 1.807) is 23.1 Å². The summed E-state index contributed by atoms with van der Waals surface area (Å²) in [7, 11) is 0. The first kappa shape index (κ1) is 17.2. The molecule has 26 heavy (non-hydrogen) atoms. The standard InChI is InChI=1S/C19H20ClFN4O/c20-17-5-6-18(23-22-17)24-7-9-25(10-8-24)19(26)12-15-4-3-14(11-16(15)21)13-1-2-13/h3-6,11,13H,1-2,7-10,12H2. The van der Waals surface area contributed by atoms with Crippen molar-refractivity contribution in [3.63, 3.8) is 0 Å². The molecular weight excluding hydrogens is 355 g/mol. The van der Waals surface area contributed by atoms with Crippen LogP contribution in [0.25, 0.3) is 0 Å². The molecule has 1 aromatic heterocycles. The molecule has 0 radical (unpaired) electrons. The van der Waals surface area contributed by atoms with Gasteiger partial charge in [-0.2, -0.15) is 0 Å². The zero-order chi connectivity index (χ0) is 18.1. The van der Waals surface area contributed by atoms with E-state index < -0.39 is 0 Å². The average Bonchev–Trinajstić information content (AvgIpc) is 3.49. The first-order valence-corrected chi connectivity index (χ1v) is 9.28. The second-order valence-electron chi connectivity index (χ2n) is 6.88. The maximum Gasteiger partial charge on any atom is 0.227 e. The van der Waals surface area contributed by atoms with E-state index in [4.69, 9.17) is 11.6 Å². The predicted molar refractivity (Wildman–Crippen MR) is 97.9 cm³/mol. The number of hydrogen-bond acceptors (Lipinski definition) is 4. The van der Waals surface area contributed by atoms with Crippen LogP contribution in [-0.2, 0) is 11.2 Å². The maximum absolute atomic E-state index is 14.3. The predicted octanol–water partition coefficient (Wildman–Crippen LogP) is 3.04. The minimum absolute atomic E-state index is 0.0371. The van der Waals surface area contributed by atoms with Gasteiger partial charge in [-0.3, -0.25) is 4.79 Å². The van der Waals surface area contributed by atoms with Crippen molar-refractivity contribution in [3.05, 3.63) is 52.4 Å². The van der Waals surface area contributed by atoms with Gasteiger partial charge in [0.1, 0.15) is 5.82 Å². The van der Waals surface area contributed by atoms with Crippen LogP contribution in [0.15, 0.2) is 30.3 Å². The van der Waals surface area contributed by atoms with Crippen LogP contribution in [0.3, 0.4) is 0 Å². The summed E-state index contributed by atoms with van der Waals surface area (Å²) in [6, 6.07) is 8.84. The average molecular weight is 375 g/mol. The van der Waals surface area contributed by atoms with Gasteiger partial charge >= 0.3 is 0 Å². The number of amides is 1. The normalized spacial score (nSPS) is 17.5. The second-order valence-corrected chi connectivity index (χ2v) is 7.27. The molecule has 2 fully saturated rings. The van der Waals surface area contributed by atoms with Crippen molar-refractivity contribution in [2.24, 2.45) is 0 Å². The molecule has 2 heterocycles. The molecule has 0 spiro atoms. The third-order valence-electron chi connectivity index (χ3n) is 5.04. The van der Waals surface area contributed by atoms with Crippen LogP contribution in [0.4, 0.5) is 10.2 Å². The molecule has 7 heteroatoms. The topological polar surface area (TPSA) is 49.3 Å². The van der Waals surface area contributed by atoms with Crippen LogP contribution in [-0.4, -0.2) is 47.2 Å². The lowest BCUT2D eigenvalue weighted by Crippen LogP contribution is -2.49.